The number of rotatable bonds is 5. The zero-order valence-electron chi connectivity index (χ0n) is 12.4. The number of hydrogen-bond acceptors (Lipinski definition) is 3. The molecule has 2 aliphatic rings. The van der Waals surface area contributed by atoms with E-state index in [4.69, 9.17) is 0 Å². The molecule has 0 bridgehead atoms. The third kappa shape index (κ3) is 3.37. The van der Waals surface area contributed by atoms with Crippen molar-refractivity contribution >= 4 is 23.5 Å². The van der Waals surface area contributed by atoms with Crippen LogP contribution in [0, 0.1) is 0 Å². The lowest BCUT2D eigenvalue weighted by atomic mass is 9.88. The van der Waals surface area contributed by atoms with Gasteiger partial charge in [-0.1, -0.05) is 37.5 Å². The maximum Gasteiger partial charge on any atom is 0.0281 e. The van der Waals surface area contributed by atoms with Crippen molar-refractivity contribution in [2.24, 2.45) is 0 Å². The van der Waals surface area contributed by atoms with Crippen LogP contribution < -0.4 is 5.32 Å². The zero-order chi connectivity index (χ0) is 13.8. The molecule has 1 unspecified atom stereocenters. The second-order valence-corrected chi connectivity index (χ2v) is 8.75. The average Bonchev–Trinajstić information content (AvgIpc) is 2.91. The molecule has 0 aromatic heterocycles. The summed E-state index contributed by atoms with van der Waals surface area (Å²) in [5, 5.41) is 4.51. The van der Waals surface area contributed by atoms with Gasteiger partial charge in [0.15, 0.2) is 0 Å². The normalized spacial score (nSPS) is 24.6. The zero-order valence-corrected chi connectivity index (χ0v) is 14.0. The molecule has 1 nitrogen and oxygen atoms in total. The molecule has 110 valence electrons. The second-order valence-electron chi connectivity index (χ2n) is 6.13. The van der Waals surface area contributed by atoms with Gasteiger partial charge >= 0.3 is 0 Å². The van der Waals surface area contributed by atoms with Crippen LogP contribution in [0.25, 0.3) is 0 Å². The van der Waals surface area contributed by atoms with Crippen molar-refractivity contribution in [1.29, 1.82) is 0 Å². The molecular formula is C17H25NS2. The molecule has 20 heavy (non-hydrogen) atoms. The van der Waals surface area contributed by atoms with Crippen molar-refractivity contribution in [3.05, 3.63) is 29.8 Å². The fourth-order valence-electron chi connectivity index (χ4n) is 3.48. The highest BCUT2D eigenvalue weighted by Crippen LogP contribution is 2.39. The quantitative estimate of drug-likeness (QED) is 0.868. The fourth-order valence-corrected chi connectivity index (χ4v) is 5.70. The molecule has 0 spiro atoms. The maximum absolute atomic E-state index is 3.78. The van der Waals surface area contributed by atoms with Crippen LogP contribution in [0.1, 0.15) is 37.7 Å². The molecule has 1 aromatic carbocycles. The highest BCUT2D eigenvalue weighted by Gasteiger charge is 2.31. The van der Waals surface area contributed by atoms with Gasteiger partial charge in [0.2, 0.25) is 0 Å². The van der Waals surface area contributed by atoms with E-state index in [0.29, 0.717) is 4.75 Å². The maximum atomic E-state index is 3.78. The highest BCUT2D eigenvalue weighted by atomic mass is 32.2. The Bertz CT molecular complexity index is 415. The van der Waals surface area contributed by atoms with Gasteiger partial charge in [0.05, 0.1) is 0 Å². The van der Waals surface area contributed by atoms with Gasteiger partial charge in [-0.05, 0) is 37.1 Å². The van der Waals surface area contributed by atoms with Crippen LogP contribution in [0.2, 0.25) is 0 Å². The number of nitrogens with one attached hydrogen (secondary N) is 1. The highest BCUT2D eigenvalue weighted by molar-refractivity contribution is 8.00. The number of hydrogen-bond donors (Lipinski definition) is 1. The number of benzene rings is 1. The average molecular weight is 308 g/mol. The Morgan fingerprint density at radius 3 is 2.80 bits per heavy atom. The molecule has 1 fully saturated rings. The topological polar surface area (TPSA) is 12.0 Å². The van der Waals surface area contributed by atoms with Crippen LogP contribution in [-0.2, 0) is 6.42 Å². The minimum Gasteiger partial charge on any atom is -0.314 e. The van der Waals surface area contributed by atoms with Gasteiger partial charge in [-0.3, -0.25) is 0 Å². The van der Waals surface area contributed by atoms with Crippen LogP contribution in [-0.4, -0.2) is 29.3 Å². The molecule has 3 rings (SSSR count). The van der Waals surface area contributed by atoms with Crippen molar-refractivity contribution < 1.29 is 0 Å². The smallest absolute Gasteiger partial charge is 0.0281 e. The predicted octanol–water partition coefficient (Wildman–Crippen LogP) is 4.36. The largest absolute Gasteiger partial charge is 0.314 e. The molecule has 1 aromatic rings. The third-order valence-electron chi connectivity index (χ3n) is 4.73. The fraction of sp³-hybridized carbons (Fsp3) is 0.647. The molecular weight excluding hydrogens is 282 g/mol. The van der Waals surface area contributed by atoms with Gasteiger partial charge in [-0.2, -0.15) is 11.8 Å². The van der Waals surface area contributed by atoms with E-state index in [2.05, 4.69) is 59.4 Å². The number of fused-ring (bicyclic) bond motifs is 1. The molecule has 3 heteroatoms. The summed E-state index contributed by atoms with van der Waals surface area (Å²) < 4.78 is 0.522. The molecule has 1 N–H and O–H groups in total. The summed E-state index contributed by atoms with van der Waals surface area (Å²) in [6.07, 6.45) is 10.6. The van der Waals surface area contributed by atoms with E-state index in [-0.39, 0.29) is 0 Å². The summed E-state index contributed by atoms with van der Waals surface area (Å²) in [6.45, 7) is 2.35. The van der Waals surface area contributed by atoms with E-state index < -0.39 is 0 Å². The van der Waals surface area contributed by atoms with Crippen molar-refractivity contribution in [3.63, 3.8) is 0 Å². The van der Waals surface area contributed by atoms with E-state index in [1.165, 1.54) is 50.0 Å². The van der Waals surface area contributed by atoms with E-state index in [9.17, 15) is 0 Å². The summed E-state index contributed by atoms with van der Waals surface area (Å²) in [5.41, 5.74) is 1.54. The SMILES string of the molecule is CSC1(CNCC2Cc3ccccc3S2)CCCCC1. The summed E-state index contributed by atoms with van der Waals surface area (Å²) in [7, 11) is 0. The molecule has 1 atom stereocenters. The molecule has 1 heterocycles. The first kappa shape index (κ1) is 14.8. The lowest BCUT2D eigenvalue weighted by Crippen LogP contribution is -2.41. The number of thioether (sulfide) groups is 2. The standard InChI is InChI=1S/C17H25NS2/c1-19-17(9-5-2-6-10-17)13-18-12-15-11-14-7-3-4-8-16(14)20-15/h3-4,7-8,15,18H,2,5-6,9-13H2,1H3. The summed E-state index contributed by atoms with van der Waals surface area (Å²) in [4.78, 5) is 1.50. The Morgan fingerprint density at radius 1 is 1.25 bits per heavy atom. The van der Waals surface area contributed by atoms with Crippen LogP contribution in [0.3, 0.4) is 0 Å². The van der Waals surface area contributed by atoms with Crippen molar-refractivity contribution in [1.82, 2.24) is 5.32 Å². The van der Waals surface area contributed by atoms with Crippen molar-refractivity contribution in [3.8, 4) is 0 Å². The first-order valence-corrected chi connectivity index (χ1v) is 9.92. The van der Waals surface area contributed by atoms with Gasteiger partial charge in [0, 0.05) is 28.0 Å². The molecule has 0 amide bonds. The van der Waals surface area contributed by atoms with Gasteiger partial charge in [0.25, 0.3) is 0 Å². The third-order valence-corrected chi connectivity index (χ3v) is 7.47. The Morgan fingerprint density at radius 2 is 2.05 bits per heavy atom. The Balaban J connectivity index is 1.47. The molecule has 1 saturated carbocycles. The van der Waals surface area contributed by atoms with Crippen LogP contribution in [0.5, 0.6) is 0 Å². The molecule has 1 aliphatic heterocycles. The Hall–Kier alpha value is -0.120. The van der Waals surface area contributed by atoms with E-state index in [0.717, 1.165) is 11.8 Å². The van der Waals surface area contributed by atoms with Gasteiger partial charge in [-0.15, -0.1) is 11.8 Å². The lowest BCUT2D eigenvalue weighted by Gasteiger charge is -2.36. The molecule has 0 radical (unpaired) electrons. The van der Waals surface area contributed by atoms with Crippen LogP contribution in [0.15, 0.2) is 29.2 Å². The van der Waals surface area contributed by atoms with E-state index in [1.54, 1.807) is 5.56 Å². The van der Waals surface area contributed by atoms with E-state index in [1.807, 2.05) is 0 Å². The summed E-state index contributed by atoms with van der Waals surface area (Å²) in [5.74, 6) is 0. The summed E-state index contributed by atoms with van der Waals surface area (Å²) >= 11 is 4.15. The first-order chi connectivity index (χ1) is 9.81. The Kier molecular flexibility index (Phi) is 5.00. The minimum atomic E-state index is 0.522. The van der Waals surface area contributed by atoms with Gasteiger partial charge < -0.3 is 5.32 Å². The second kappa shape index (κ2) is 6.76. The van der Waals surface area contributed by atoms with Crippen molar-refractivity contribution in [2.75, 3.05) is 19.3 Å². The van der Waals surface area contributed by atoms with Gasteiger partial charge in [0.1, 0.15) is 0 Å². The van der Waals surface area contributed by atoms with E-state index >= 15 is 0 Å². The monoisotopic (exact) mass is 307 g/mol. The van der Waals surface area contributed by atoms with Crippen LogP contribution >= 0.6 is 23.5 Å². The first-order valence-electron chi connectivity index (χ1n) is 7.82. The minimum absolute atomic E-state index is 0.522. The summed E-state index contributed by atoms with van der Waals surface area (Å²) in [6, 6.07) is 8.88. The van der Waals surface area contributed by atoms with Gasteiger partial charge in [-0.25, -0.2) is 0 Å². The molecule has 0 saturated heterocycles. The van der Waals surface area contributed by atoms with Crippen LogP contribution in [0.4, 0.5) is 0 Å². The Labute approximate surface area is 131 Å². The predicted molar refractivity (Wildman–Crippen MR) is 92.0 cm³/mol. The van der Waals surface area contributed by atoms with Crippen molar-refractivity contribution in [2.45, 2.75) is 53.4 Å². The lowest BCUT2D eigenvalue weighted by molar-refractivity contribution is 0.380. The molecule has 1 aliphatic carbocycles.